The highest BCUT2D eigenvalue weighted by Crippen LogP contribution is 2.21. The number of amides is 2. The number of aromatic hydroxyl groups is 1. The lowest BCUT2D eigenvalue weighted by Crippen LogP contribution is -2.38. The fourth-order valence-corrected chi connectivity index (χ4v) is 1.59. The highest BCUT2D eigenvalue weighted by atomic mass is 16.4. The van der Waals surface area contributed by atoms with E-state index in [9.17, 15) is 14.7 Å². The van der Waals surface area contributed by atoms with Crippen LogP contribution >= 0.6 is 0 Å². The number of hydrogen-bond donors (Lipinski definition) is 4. The summed E-state index contributed by atoms with van der Waals surface area (Å²) in [7, 11) is 1.95. The number of likely N-dealkylation sites (N-methyl/N-ethyl adjacent to an activating group) is 1. The number of nitrogens with one attached hydrogen (secondary N) is 2. The third-order valence-corrected chi connectivity index (χ3v) is 3.11. The summed E-state index contributed by atoms with van der Waals surface area (Å²) in [5.41, 5.74) is -0.0283. The standard InChI is InChI=1S/C14H21N3O4/c1-9(2)17(3)7-6-15-14(21)16-12-5-4-10(18)8-11(12)13(19)20/h4-5,8-9,18H,6-7H2,1-3H3,(H,19,20)(H2,15,16,21). The van der Waals surface area contributed by atoms with Crippen LogP contribution in [0.4, 0.5) is 10.5 Å². The molecular weight excluding hydrogens is 274 g/mol. The van der Waals surface area contributed by atoms with Gasteiger partial charge in [-0.1, -0.05) is 0 Å². The maximum Gasteiger partial charge on any atom is 0.337 e. The number of phenols is 1. The van der Waals surface area contributed by atoms with Crippen molar-refractivity contribution in [2.75, 3.05) is 25.5 Å². The van der Waals surface area contributed by atoms with Crippen molar-refractivity contribution < 1.29 is 19.8 Å². The van der Waals surface area contributed by atoms with Crippen LogP contribution in [0.2, 0.25) is 0 Å². The minimum Gasteiger partial charge on any atom is -0.508 e. The number of carboxylic acids is 1. The third kappa shape index (κ3) is 5.31. The number of carbonyl (C=O) groups is 2. The molecule has 21 heavy (non-hydrogen) atoms. The topological polar surface area (TPSA) is 102 Å². The van der Waals surface area contributed by atoms with E-state index in [0.29, 0.717) is 19.1 Å². The van der Waals surface area contributed by atoms with E-state index in [0.717, 1.165) is 6.07 Å². The van der Waals surface area contributed by atoms with Crippen molar-refractivity contribution in [3.63, 3.8) is 0 Å². The molecule has 0 radical (unpaired) electrons. The number of phenolic OH excluding ortho intramolecular Hbond substituents is 1. The minimum absolute atomic E-state index is 0.134. The average molecular weight is 295 g/mol. The van der Waals surface area contributed by atoms with Gasteiger partial charge >= 0.3 is 12.0 Å². The zero-order chi connectivity index (χ0) is 16.0. The van der Waals surface area contributed by atoms with E-state index in [1.54, 1.807) is 0 Å². The molecule has 0 aliphatic carbocycles. The van der Waals surface area contributed by atoms with Gasteiger partial charge in [-0.2, -0.15) is 0 Å². The molecular formula is C14H21N3O4. The maximum absolute atomic E-state index is 11.7. The molecule has 0 aliphatic rings. The molecule has 1 rings (SSSR count). The molecule has 0 aromatic heterocycles. The second-order valence-electron chi connectivity index (χ2n) is 4.99. The summed E-state index contributed by atoms with van der Waals surface area (Å²) in [4.78, 5) is 24.8. The summed E-state index contributed by atoms with van der Waals surface area (Å²) < 4.78 is 0. The Labute approximate surface area is 123 Å². The second kappa shape index (κ2) is 7.49. The Morgan fingerprint density at radius 2 is 2.00 bits per heavy atom. The number of carboxylic acid groups (broad SMARTS) is 1. The number of urea groups is 1. The Hall–Kier alpha value is -2.28. The van der Waals surface area contributed by atoms with Gasteiger partial charge in [-0.05, 0) is 39.1 Å². The zero-order valence-corrected chi connectivity index (χ0v) is 12.4. The highest BCUT2D eigenvalue weighted by Gasteiger charge is 2.13. The third-order valence-electron chi connectivity index (χ3n) is 3.11. The van der Waals surface area contributed by atoms with Crippen molar-refractivity contribution in [2.45, 2.75) is 19.9 Å². The summed E-state index contributed by atoms with van der Waals surface area (Å²) in [5.74, 6) is -1.39. The van der Waals surface area contributed by atoms with E-state index in [2.05, 4.69) is 29.4 Å². The summed E-state index contributed by atoms with van der Waals surface area (Å²) in [6.45, 7) is 5.23. The first-order valence-corrected chi connectivity index (χ1v) is 6.62. The number of carbonyl (C=O) groups excluding carboxylic acids is 1. The Bertz CT molecular complexity index is 517. The molecule has 0 unspecified atom stereocenters. The van der Waals surface area contributed by atoms with Crippen LogP contribution in [-0.4, -0.2) is 53.3 Å². The fourth-order valence-electron chi connectivity index (χ4n) is 1.59. The molecule has 2 amide bonds. The van der Waals surface area contributed by atoms with Crippen molar-refractivity contribution in [1.29, 1.82) is 0 Å². The molecule has 0 heterocycles. The summed E-state index contributed by atoms with van der Waals surface area (Å²) in [6.07, 6.45) is 0. The molecule has 1 aromatic carbocycles. The van der Waals surface area contributed by atoms with Crippen LogP contribution in [0.3, 0.4) is 0 Å². The maximum atomic E-state index is 11.7. The van der Waals surface area contributed by atoms with Gasteiger partial charge in [0.25, 0.3) is 0 Å². The van der Waals surface area contributed by atoms with Gasteiger partial charge in [-0.3, -0.25) is 0 Å². The van der Waals surface area contributed by atoms with E-state index in [1.807, 2.05) is 7.05 Å². The van der Waals surface area contributed by atoms with Gasteiger partial charge in [0, 0.05) is 19.1 Å². The van der Waals surface area contributed by atoms with Gasteiger partial charge in [0.05, 0.1) is 11.3 Å². The Morgan fingerprint density at radius 3 is 2.57 bits per heavy atom. The first kappa shape index (κ1) is 16.8. The second-order valence-corrected chi connectivity index (χ2v) is 4.99. The van der Waals surface area contributed by atoms with Crippen molar-refractivity contribution >= 4 is 17.7 Å². The average Bonchev–Trinajstić information content (AvgIpc) is 2.40. The molecule has 0 fully saturated rings. The quantitative estimate of drug-likeness (QED) is 0.596. The number of aromatic carboxylic acids is 1. The van der Waals surface area contributed by atoms with Crippen molar-refractivity contribution in [3.8, 4) is 5.75 Å². The molecule has 0 aliphatic heterocycles. The summed E-state index contributed by atoms with van der Waals surface area (Å²) in [5, 5.41) is 23.4. The van der Waals surface area contributed by atoms with Crippen LogP contribution in [0, 0.1) is 0 Å². The summed E-state index contributed by atoms with van der Waals surface area (Å²) in [6, 6.07) is 3.64. The van der Waals surface area contributed by atoms with Gasteiger partial charge in [0.2, 0.25) is 0 Å². The molecule has 0 atom stereocenters. The number of hydrogen-bond acceptors (Lipinski definition) is 4. The van der Waals surface area contributed by atoms with Crippen LogP contribution in [-0.2, 0) is 0 Å². The Kier molecular flexibility index (Phi) is 5.98. The van der Waals surface area contributed by atoms with Crippen LogP contribution < -0.4 is 10.6 Å². The molecule has 0 spiro atoms. The monoisotopic (exact) mass is 295 g/mol. The lowest BCUT2D eigenvalue weighted by atomic mass is 10.1. The fraction of sp³-hybridized carbons (Fsp3) is 0.429. The van der Waals surface area contributed by atoms with Crippen molar-refractivity contribution in [1.82, 2.24) is 10.2 Å². The van der Waals surface area contributed by atoms with E-state index >= 15 is 0 Å². The molecule has 0 bridgehead atoms. The lowest BCUT2D eigenvalue weighted by molar-refractivity contribution is 0.0697. The number of anilines is 1. The molecule has 116 valence electrons. The number of benzene rings is 1. The summed E-state index contributed by atoms with van der Waals surface area (Å²) >= 11 is 0. The normalized spacial score (nSPS) is 10.7. The van der Waals surface area contributed by atoms with Gasteiger partial charge < -0.3 is 25.7 Å². The van der Waals surface area contributed by atoms with Crippen LogP contribution in [0.1, 0.15) is 24.2 Å². The SMILES string of the molecule is CC(C)N(C)CCNC(=O)Nc1ccc(O)cc1C(=O)O. The molecule has 7 heteroatoms. The smallest absolute Gasteiger partial charge is 0.337 e. The van der Waals surface area contributed by atoms with Crippen molar-refractivity contribution in [2.24, 2.45) is 0 Å². The van der Waals surface area contributed by atoms with Gasteiger partial charge in [-0.25, -0.2) is 9.59 Å². The predicted octanol–water partition coefficient (Wildman–Crippen LogP) is 1.55. The molecule has 1 aromatic rings. The van der Waals surface area contributed by atoms with Gasteiger partial charge in [0.15, 0.2) is 0 Å². The number of rotatable bonds is 6. The van der Waals surface area contributed by atoms with E-state index < -0.39 is 12.0 Å². The lowest BCUT2D eigenvalue weighted by Gasteiger charge is -2.21. The first-order valence-electron chi connectivity index (χ1n) is 6.62. The van der Waals surface area contributed by atoms with Gasteiger partial charge in [0.1, 0.15) is 5.75 Å². The molecule has 7 nitrogen and oxygen atoms in total. The largest absolute Gasteiger partial charge is 0.508 e. The number of nitrogens with zero attached hydrogens (tertiary/aromatic N) is 1. The van der Waals surface area contributed by atoms with E-state index in [1.165, 1.54) is 12.1 Å². The Balaban J connectivity index is 2.57. The van der Waals surface area contributed by atoms with Crippen LogP contribution in [0.5, 0.6) is 5.75 Å². The molecule has 4 N–H and O–H groups in total. The highest BCUT2D eigenvalue weighted by molar-refractivity contribution is 6.00. The zero-order valence-electron chi connectivity index (χ0n) is 12.4. The van der Waals surface area contributed by atoms with Crippen LogP contribution in [0.15, 0.2) is 18.2 Å². The Morgan fingerprint density at radius 1 is 1.33 bits per heavy atom. The molecule has 0 saturated carbocycles. The minimum atomic E-state index is -1.22. The first-order chi connectivity index (χ1) is 9.81. The van der Waals surface area contributed by atoms with E-state index in [-0.39, 0.29) is 17.0 Å². The predicted molar refractivity (Wildman–Crippen MR) is 79.9 cm³/mol. The molecule has 0 saturated heterocycles. The van der Waals surface area contributed by atoms with E-state index in [4.69, 9.17) is 5.11 Å². The van der Waals surface area contributed by atoms with Crippen LogP contribution in [0.25, 0.3) is 0 Å². The van der Waals surface area contributed by atoms with Crippen molar-refractivity contribution in [3.05, 3.63) is 23.8 Å². The van der Waals surface area contributed by atoms with Gasteiger partial charge in [-0.15, -0.1) is 0 Å².